The molecule has 0 amide bonds. The molecule has 0 saturated heterocycles. The molecule has 3 rings (SSSR count). The van der Waals surface area contributed by atoms with E-state index in [1.54, 1.807) is 0 Å². The van der Waals surface area contributed by atoms with Crippen LogP contribution in [0.25, 0.3) is 10.9 Å². The number of nitro benzene ring substituents is 1. The molecule has 0 spiro atoms. The number of rotatable bonds is 4. The van der Waals surface area contributed by atoms with Crippen LogP contribution in [0.15, 0.2) is 57.3 Å². The van der Waals surface area contributed by atoms with E-state index in [9.17, 15) is 18.5 Å². The third-order valence-corrected chi connectivity index (χ3v) is 6.09. The van der Waals surface area contributed by atoms with E-state index in [1.165, 1.54) is 12.1 Å². The summed E-state index contributed by atoms with van der Waals surface area (Å²) in [7, 11) is -3.52. The molecule has 0 radical (unpaired) electrons. The zero-order chi connectivity index (χ0) is 19.1. The topological polar surface area (TPSA) is 90.2 Å². The highest BCUT2D eigenvalue weighted by molar-refractivity contribution is 7.99. The van der Waals surface area contributed by atoms with Crippen LogP contribution in [0.3, 0.4) is 0 Å². The molecular weight excluding hydrogens is 372 g/mol. The van der Waals surface area contributed by atoms with Crippen molar-refractivity contribution in [2.24, 2.45) is 0 Å². The number of hydrogen-bond acceptors (Lipinski definition) is 6. The molecule has 0 bridgehead atoms. The highest BCUT2D eigenvalue weighted by Crippen LogP contribution is 2.37. The summed E-state index contributed by atoms with van der Waals surface area (Å²) in [4.78, 5) is 15.7. The number of para-hydroxylation sites is 1. The van der Waals surface area contributed by atoms with Gasteiger partial charge in [-0.3, -0.25) is 10.1 Å². The van der Waals surface area contributed by atoms with Gasteiger partial charge in [-0.05, 0) is 43.2 Å². The number of nitrogens with zero attached hydrogens (tertiary/aromatic N) is 2. The summed E-state index contributed by atoms with van der Waals surface area (Å²) in [5, 5.41) is 13.1. The second kappa shape index (κ2) is 6.69. The van der Waals surface area contributed by atoms with E-state index in [-0.39, 0.29) is 10.6 Å². The first-order valence-electron chi connectivity index (χ1n) is 7.70. The van der Waals surface area contributed by atoms with Crippen LogP contribution >= 0.6 is 11.8 Å². The minimum absolute atomic E-state index is 0.0768. The molecule has 0 aliphatic heterocycles. The van der Waals surface area contributed by atoms with Crippen molar-refractivity contribution >= 4 is 38.2 Å². The normalized spacial score (nSPS) is 11.7. The quantitative estimate of drug-likeness (QED) is 0.488. The summed E-state index contributed by atoms with van der Waals surface area (Å²) in [5.74, 6) is 0. The lowest BCUT2D eigenvalue weighted by Gasteiger charge is -2.09. The maximum absolute atomic E-state index is 11.7. The van der Waals surface area contributed by atoms with Gasteiger partial charge in [0.2, 0.25) is 0 Å². The average Bonchev–Trinajstić information content (AvgIpc) is 2.55. The van der Waals surface area contributed by atoms with Gasteiger partial charge >= 0.3 is 0 Å². The molecule has 1 aromatic heterocycles. The maximum atomic E-state index is 11.7. The van der Waals surface area contributed by atoms with Gasteiger partial charge in [0.1, 0.15) is 5.03 Å². The Morgan fingerprint density at radius 2 is 1.81 bits per heavy atom. The van der Waals surface area contributed by atoms with Crippen molar-refractivity contribution in [2.45, 2.75) is 28.7 Å². The Morgan fingerprint density at radius 3 is 2.46 bits per heavy atom. The Balaban J connectivity index is 2.10. The molecule has 0 unspecified atom stereocenters. The number of hydrogen-bond donors (Lipinski definition) is 0. The van der Waals surface area contributed by atoms with Crippen LogP contribution in [0, 0.1) is 24.0 Å². The van der Waals surface area contributed by atoms with Gasteiger partial charge in [-0.15, -0.1) is 0 Å². The van der Waals surface area contributed by atoms with Crippen molar-refractivity contribution in [2.75, 3.05) is 6.26 Å². The molecule has 0 aliphatic carbocycles. The SMILES string of the molecule is Cc1cc(Sc2ccc(S(C)(=O)=O)cc2[N+](=O)[O-])nc2c(C)cccc12. The van der Waals surface area contributed by atoms with E-state index >= 15 is 0 Å². The summed E-state index contributed by atoms with van der Waals surface area (Å²) < 4.78 is 23.3. The molecule has 0 N–H and O–H groups in total. The molecule has 3 aromatic rings. The number of aromatic nitrogens is 1. The van der Waals surface area contributed by atoms with Crippen molar-refractivity contribution in [1.82, 2.24) is 4.98 Å². The third kappa shape index (κ3) is 3.56. The third-order valence-electron chi connectivity index (χ3n) is 3.99. The summed E-state index contributed by atoms with van der Waals surface area (Å²) in [6.07, 6.45) is 1.02. The van der Waals surface area contributed by atoms with Crippen molar-refractivity contribution in [3.05, 3.63) is 63.7 Å². The van der Waals surface area contributed by atoms with Crippen LogP contribution in [0.5, 0.6) is 0 Å². The molecule has 0 saturated carbocycles. The van der Waals surface area contributed by atoms with Gasteiger partial charge in [-0.25, -0.2) is 13.4 Å². The molecule has 0 atom stereocenters. The fourth-order valence-electron chi connectivity index (χ4n) is 2.65. The predicted octanol–water partition coefficient (Wildman–Crippen LogP) is 4.31. The zero-order valence-electron chi connectivity index (χ0n) is 14.4. The van der Waals surface area contributed by atoms with Gasteiger partial charge in [-0.2, -0.15) is 0 Å². The number of sulfone groups is 1. The van der Waals surface area contributed by atoms with E-state index < -0.39 is 14.8 Å². The van der Waals surface area contributed by atoms with E-state index in [2.05, 4.69) is 4.98 Å². The van der Waals surface area contributed by atoms with Crippen molar-refractivity contribution in [3.63, 3.8) is 0 Å². The molecule has 26 heavy (non-hydrogen) atoms. The smallest absolute Gasteiger partial charge is 0.258 e. The highest BCUT2D eigenvalue weighted by atomic mass is 32.2. The first-order valence-corrected chi connectivity index (χ1v) is 10.4. The largest absolute Gasteiger partial charge is 0.284 e. The molecule has 8 heteroatoms. The second-order valence-electron chi connectivity index (χ2n) is 6.01. The van der Waals surface area contributed by atoms with Gasteiger partial charge in [0.15, 0.2) is 9.84 Å². The molecule has 6 nitrogen and oxygen atoms in total. The Bertz CT molecular complexity index is 1140. The lowest BCUT2D eigenvalue weighted by molar-refractivity contribution is -0.388. The van der Waals surface area contributed by atoms with Crippen molar-refractivity contribution in [3.8, 4) is 0 Å². The standard InChI is InChI=1S/C18H16N2O4S2/c1-11-5-4-6-14-12(2)9-17(19-18(11)14)25-16-8-7-13(26(3,23)24)10-15(16)20(21)22/h4-10H,1-3H3. The van der Waals surface area contributed by atoms with Crippen LogP contribution in [-0.4, -0.2) is 24.6 Å². The number of pyridine rings is 1. The minimum Gasteiger partial charge on any atom is -0.258 e. The Labute approximate surface area is 155 Å². The maximum Gasteiger partial charge on any atom is 0.284 e. The molecular formula is C18H16N2O4S2. The predicted molar refractivity (Wildman–Crippen MR) is 102 cm³/mol. The second-order valence-corrected chi connectivity index (χ2v) is 9.09. The van der Waals surface area contributed by atoms with Gasteiger partial charge in [0.25, 0.3) is 5.69 Å². The van der Waals surface area contributed by atoms with Crippen LogP contribution in [0.4, 0.5) is 5.69 Å². The van der Waals surface area contributed by atoms with Crippen LogP contribution in [-0.2, 0) is 9.84 Å². The Hall–Kier alpha value is -2.45. The zero-order valence-corrected chi connectivity index (χ0v) is 16.0. The molecule has 134 valence electrons. The van der Waals surface area contributed by atoms with Gasteiger partial charge in [0, 0.05) is 17.7 Å². The van der Waals surface area contributed by atoms with Gasteiger partial charge in [0.05, 0.1) is 20.2 Å². The van der Waals surface area contributed by atoms with Crippen LogP contribution in [0.1, 0.15) is 11.1 Å². The first kappa shape index (κ1) is 18.3. The number of benzene rings is 2. The monoisotopic (exact) mass is 388 g/mol. The van der Waals surface area contributed by atoms with Crippen molar-refractivity contribution < 1.29 is 13.3 Å². The molecule has 2 aromatic carbocycles. The van der Waals surface area contributed by atoms with Gasteiger partial charge < -0.3 is 0 Å². The number of aryl methyl sites for hydroxylation is 2. The summed E-state index contributed by atoms with van der Waals surface area (Å²) >= 11 is 1.15. The van der Waals surface area contributed by atoms with E-state index in [0.717, 1.165) is 46.1 Å². The average molecular weight is 388 g/mol. The van der Waals surface area contributed by atoms with E-state index in [4.69, 9.17) is 0 Å². The molecule has 1 heterocycles. The Kier molecular flexibility index (Phi) is 4.72. The first-order chi connectivity index (χ1) is 12.2. The fraction of sp³-hybridized carbons (Fsp3) is 0.167. The van der Waals surface area contributed by atoms with Gasteiger partial charge in [-0.1, -0.05) is 30.0 Å². The fourth-order valence-corrected chi connectivity index (χ4v) is 4.27. The summed E-state index contributed by atoms with van der Waals surface area (Å²) in [6.45, 7) is 3.93. The lowest BCUT2D eigenvalue weighted by Crippen LogP contribution is -2.00. The highest BCUT2D eigenvalue weighted by Gasteiger charge is 2.20. The lowest BCUT2D eigenvalue weighted by atomic mass is 10.1. The number of nitro groups is 1. The Morgan fingerprint density at radius 1 is 1.08 bits per heavy atom. The van der Waals surface area contributed by atoms with E-state index in [1.807, 2.05) is 38.1 Å². The molecule has 0 aliphatic rings. The number of fused-ring (bicyclic) bond motifs is 1. The summed E-state index contributed by atoms with van der Waals surface area (Å²) in [6, 6.07) is 11.7. The molecule has 0 fully saturated rings. The van der Waals surface area contributed by atoms with Crippen LogP contribution in [0.2, 0.25) is 0 Å². The van der Waals surface area contributed by atoms with Crippen LogP contribution < -0.4 is 0 Å². The summed E-state index contributed by atoms with van der Waals surface area (Å²) in [5.41, 5.74) is 2.65. The van der Waals surface area contributed by atoms with E-state index in [0.29, 0.717) is 9.92 Å². The van der Waals surface area contributed by atoms with Crippen molar-refractivity contribution in [1.29, 1.82) is 0 Å². The minimum atomic E-state index is -3.52.